The van der Waals surface area contributed by atoms with Gasteiger partial charge in [-0.15, -0.1) is 0 Å². The number of piperidine rings is 1. The van der Waals surface area contributed by atoms with E-state index in [-0.39, 0.29) is 30.2 Å². The molecule has 1 aliphatic carbocycles. The molecule has 118 valence electrons. The largest absolute Gasteiger partial charge is 0.393 e. The normalized spacial score (nSPS) is 36.8. The van der Waals surface area contributed by atoms with E-state index in [2.05, 4.69) is 5.32 Å². The fourth-order valence-corrected chi connectivity index (χ4v) is 4.69. The minimum atomic E-state index is -4.13. The van der Waals surface area contributed by atoms with Crippen LogP contribution in [0.5, 0.6) is 0 Å². The van der Waals surface area contributed by atoms with Crippen molar-refractivity contribution in [3.05, 3.63) is 0 Å². The second kappa shape index (κ2) is 5.83. The van der Waals surface area contributed by atoms with Crippen LogP contribution in [-0.4, -0.2) is 38.7 Å². The van der Waals surface area contributed by atoms with Crippen molar-refractivity contribution in [3.8, 4) is 0 Å². The number of rotatable bonds is 2. The van der Waals surface area contributed by atoms with Gasteiger partial charge in [0.1, 0.15) is 9.84 Å². The molecule has 0 spiro atoms. The van der Waals surface area contributed by atoms with Gasteiger partial charge in [-0.05, 0) is 38.0 Å². The molecular weight excluding hydrogens is 291 g/mol. The predicted octanol–water partition coefficient (Wildman–Crippen LogP) is 2.52. The van der Waals surface area contributed by atoms with Crippen LogP contribution in [0.3, 0.4) is 0 Å². The summed E-state index contributed by atoms with van der Waals surface area (Å²) in [4.78, 5) is 0. The SMILES string of the molecule is CS(=O)(=O)C1CCCC(C2CCC(C(F)(F)F)CN2)C1. The molecule has 3 nitrogen and oxygen atoms in total. The first kappa shape index (κ1) is 16.1. The molecule has 2 rings (SSSR count). The zero-order valence-corrected chi connectivity index (χ0v) is 12.4. The van der Waals surface area contributed by atoms with Crippen molar-refractivity contribution in [1.82, 2.24) is 5.32 Å². The summed E-state index contributed by atoms with van der Waals surface area (Å²) in [5.74, 6) is -1.06. The number of halogens is 3. The molecule has 1 saturated carbocycles. The topological polar surface area (TPSA) is 46.2 Å². The second-order valence-corrected chi connectivity index (χ2v) is 8.53. The van der Waals surface area contributed by atoms with Gasteiger partial charge in [-0.1, -0.05) is 6.42 Å². The zero-order chi connectivity index (χ0) is 15.0. The van der Waals surface area contributed by atoms with Crippen LogP contribution >= 0.6 is 0 Å². The Morgan fingerprint density at radius 3 is 2.30 bits per heavy atom. The molecule has 1 N–H and O–H groups in total. The summed E-state index contributed by atoms with van der Waals surface area (Å²) in [7, 11) is -3.04. The van der Waals surface area contributed by atoms with Gasteiger partial charge in [-0.2, -0.15) is 13.2 Å². The average molecular weight is 313 g/mol. The monoisotopic (exact) mass is 313 g/mol. The molecule has 4 unspecified atom stereocenters. The average Bonchev–Trinajstić information content (AvgIpc) is 2.37. The molecule has 2 fully saturated rings. The standard InChI is InChI=1S/C13H22F3NO2S/c1-20(18,19)11-4-2-3-9(7-11)12-6-5-10(8-17-12)13(14,15)16/h9-12,17H,2-8H2,1H3. The van der Waals surface area contributed by atoms with Crippen molar-refractivity contribution in [3.63, 3.8) is 0 Å². The van der Waals surface area contributed by atoms with E-state index < -0.39 is 21.9 Å². The molecule has 0 amide bonds. The van der Waals surface area contributed by atoms with Crippen molar-refractivity contribution in [2.45, 2.75) is 56.0 Å². The van der Waals surface area contributed by atoms with Gasteiger partial charge >= 0.3 is 6.18 Å². The van der Waals surface area contributed by atoms with Gasteiger partial charge in [0, 0.05) is 18.8 Å². The van der Waals surface area contributed by atoms with Crippen molar-refractivity contribution in [2.24, 2.45) is 11.8 Å². The zero-order valence-electron chi connectivity index (χ0n) is 11.6. The number of sulfone groups is 1. The summed E-state index contributed by atoms with van der Waals surface area (Å²) < 4.78 is 61.1. The van der Waals surface area contributed by atoms with Crippen molar-refractivity contribution < 1.29 is 21.6 Å². The second-order valence-electron chi connectivity index (χ2n) is 6.21. The molecule has 0 aromatic rings. The van der Waals surface area contributed by atoms with Crippen molar-refractivity contribution >= 4 is 9.84 Å². The molecule has 0 radical (unpaired) electrons. The Bertz CT molecular complexity index is 427. The lowest BCUT2D eigenvalue weighted by Crippen LogP contribution is -2.49. The molecule has 1 saturated heterocycles. The molecule has 0 bridgehead atoms. The highest BCUT2D eigenvalue weighted by molar-refractivity contribution is 7.91. The van der Waals surface area contributed by atoms with Crippen LogP contribution in [0.25, 0.3) is 0 Å². The van der Waals surface area contributed by atoms with E-state index in [9.17, 15) is 21.6 Å². The van der Waals surface area contributed by atoms with E-state index in [1.165, 1.54) is 6.26 Å². The Labute approximate surface area is 118 Å². The third-order valence-corrected chi connectivity index (χ3v) is 6.40. The van der Waals surface area contributed by atoms with E-state index in [1.807, 2.05) is 0 Å². The third kappa shape index (κ3) is 3.87. The van der Waals surface area contributed by atoms with Crippen LogP contribution in [0, 0.1) is 11.8 Å². The Balaban J connectivity index is 1.91. The van der Waals surface area contributed by atoms with Gasteiger partial charge < -0.3 is 5.32 Å². The van der Waals surface area contributed by atoms with Crippen molar-refractivity contribution in [2.75, 3.05) is 12.8 Å². The summed E-state index contributed by atoms with van der Waals surface area (Å²) >= 11 is 0. The summed E-state index contributed by atoms with van der Waals surface area (Å²) in [5, 5.41) is 2.69. The Kier molecular flexibility index (Phi) is 4.69. The maximum Gasteiger partial charge on any atom is 0.393 e. The summed E-state index contributed by atoms with van der Waals surface area (Å²) in [6.45, 7) is -0.0335. The van der Waals surface area contributed by atoms with E-state index in [0.29, 0.717) is 19.3 Å². The number of alkyl halides is 3. The van der Waals surface area contributed by atoms with Crippen LogP contribution in [0.1, 0.15) is 38.5 Å². The summed E-state index contributed by atoms with van der Waals surface area (Å²) in [6, 6.07) is 0.0400. The summed E-state index contributed by atoms with van der Waals surface area (Å²) in [5.41, 5.74) is 0. The van der Waals surface area contributed by atoms with Gasteiger partial charge in [-0.3, -0.25) is 0 Å². The first-order valence-corrected chi connectivity index (χ1v) is 9.12. The molecule has 0 aromatic heterocycles. The third-order valence-electron chi connectivity index (χ3n) is 4.76. The maximum atomic E-state index is 12.6. The number of hydrogen-bond acceptors (Lipinski definition) is 3. The smallest absolute Gasteiger partial charge is 0.313 e. The summed E-state index contributed by atoms with van der Waals surface area (Å²) in [6.07, 6.45) is 0.824. The predicted molar refractivity (Wildman–Crippen MR) is 71.2 cm³/mol. The van der Waals surface area contributed by atoms with Crippen molar-refractivity contribution in [1.29, 1.82) is 0 Å². The molecule has 7 heteroatoms. The van der Waals surface area contributed by atoms with Crippen LogP contribution < -0.4 is 5.32 Å². The Hall–Kier alpha value is -0.300. The quantitative estimate of drug-likeness (QED) is 0.852. The molecule has 0 aromatic carbocycles. The Morgan fingerprint density at radius 1 is 1.10 bits per heavy atom. The number of hydrogen-bond donors (Lipinski definition) is 1. The Morgan fingerprint density at radius 2 is 1.80 bits per heavy atom. The maximum absolute atomic E-state index is 12.6. The molecule has 20 heavy (non-hydrogen) atoms. The van der Waals surface area contributed by atoms with Crippen LogP contribution in [0.15, 0.2) is 0 Å². The molecular formula is C13H22F3NO2S. The highest BCUT2D eigenvalue weighted by Crippen LogP contribution is 2.37. The molecule has 1 aliphatic heterocycles. The van der Waals surface area contributed by atoms with Crippen LogP contribution in [-0.2, 0) is 9.84 Å². The van der Waals surface area contributed by atoms with E-state index in [0.717, 1.165) is 12.8 Å². The molecule has 4 atom stereocenters. The fourth-order valence-electron chi connectivity index (χ4n) is 3.50. The number of nitrogens with one attached hydrogen (secondary N) is 1. The first-order chi connectivity index (χ1) is 9.18. The minimum Gasteiger partial charge on any atom is -0.313 e. The molecule has 2 aliphatic rings. The fraction of sp³-hybridized carbons (Fsp3) is 1.00. The lowest BCUT2D eigenvalue weighted by Gasteiger charge is -2.39. The van der Waals surface area contributed by atoms with Gasteiger partial charge in [-0.25, -0.2) is 8.42 Å². The van der Waals surface area contributed by atoms with E-state index in [1.54, 1.807) is 0 Å². The molecule has 1 heterocycles. The highest BCUT2D eigenvalue weighted by Gasteiger charge is 2.43. The van der Waals surface area contributed by atoms with Crippen LogP contribution in [0.2, 0.25) is 0 Å². The minimum absolute atomic E-state index is 0.0335. The lowest BCUT2D eigenvalue weighted by molar-refractivity contribution is -0.180. The lowest BCUT2D eigenvalue weighted by atomic mass is 9.79. The van der Waals surface area contributed by atoms with Crippen LogP contribution in [0.4, 0.5) is 13.2 Å². The van der Waals surface area contributed by atoms with Gasteiger partial charge in [0.05, 0.1) is 11.2 Å². The van der Waals surface area contributed by atoms with Gasteiger partial charge in [0.15, 0.2) is 0 Å². The van der Waals surface area contributed by atoms with E-state index >= 15 is 0 Å². The van der Waals surface area contributed by atoms with Gasteiger partial charge in [0.2, 0.25) is 0 Å². The first-order valence-electron chi connectivity index (χ1n) is 7.17. The van der Waals surface area contributed by atoms with Gasteiger partial charge in [0.25, 0.3) is 0 Å². The highest BCUT2D eigenvalue weighted by atomic mass is 32.2. The van der Waals surface area contributed by atoms with E-state index in [4.69, 9.17) is 0 Å².